The van der Waals surface area contributed by atoms with Gasteiger partial charge in [-0.15, -0.1) is 0 Å². The summed E-state index contributed by atoms with van der Waals surface area (Å²) in [4.78, 5) is 0. The van der Waals surface area contributed by atoms with E-state index in [1.54, 1.807) is 25.7 Å². The molecule has 0 N–H and O–H groups in total. The van der Waals surface area contributed by atoms with Gasteiger partial charge in [-0.05, 0) is 107 Å². The van der Waals surface area contributed by atoms with Gasteiger partial charge >= 0.3 is 0 Å². The van der Waals surface area contributed by atoms with Gasteiger partial charge in [0.25, 0.3) is 0 Å². The molecule has 0 saturated heterocycles. The van der Waals surface area contributed by atoms with E-state index in [4.69, 9.17) is 0 Å². The van der Waals surface area contributed by atoms with Gasteiger partial charge in [-0.3, -0.25) is 0 Å². The van der Waals surface area contributed by atoms with Crippen molar-refractivity contribution < 1.29 is 0 Å². The highest BCUT2D eigenvalue weighted by Gasteiger charge is 2.30. The molecule has 0 aliphatic heterocycles. The fourth-order valence-electron chi connectivity index (χ4n) is 7.37. The molecule has 0 spiro atoms. The van der Waals surface area contributed by atoms with Crippen LogP contribution in [0.5, 0.6) is 0 Å². The summed E-state index contributed by atoms with van der Waals surface area (Å²) in [7, 11) is 0. The topological polar surface area (TPSA) is 0 Å². The van der Waals surface area contributed by atoms with Crippen LogP contribution in [0.3, 0.4) is 0 Å². The van der Waals surface area contributed by atoms with Crippen molar-refractivity contribution in [3.8, 4) is 0 Å². The van der Waals surface area contributed by atoms with Gasteiger partial charge < -0.3 is 0 Å². The van der Waals surface area contributed by atoms with Crippen LogP contribution in [0.25, 0.3) is 0 Å². The summed E-state index contributed by atoms with van der Waals surface area (Å²) in [5.41, 5.74) is 0. The summed E-state index contributed by atoms with van der Waals surface area (Å²) in [6.07, 6.45) is 39.4. The van der Waals surface area contributed by atoms with E-state index < -0.39 is 0 Å². The van der Waals surface area contributed by atoms with Crippen LogP contribution >= 0.6 is 0 Å². The third-order valence-electron chi connectivity index (χ3n) is 9.68. The molecular weight excluding hydrogens is 384 g/mol. The molecule has 3 rings (SSSR count). The minimum absolute atomic E-state index is 0.902. The van der Waals surface area contributed by atoms with Crippen LogP contribution in [-0.2, 0) is 0 Å². The Morgan fingerprint density at radius 2 is 1.06 bits per heavy atom. The highest BCUT2D eigenvalue weighted by atomic mass is 14.4. The van der Waals surface area contributed by atoms with Crippen LogP contribution in [0, 0.1) is 35.5 Å². The minimum Gasteiger partial charge on any atom is -0.0917 e. The van der Waals surface area contributed by atoms with Gasteiger partial charge in [0.15, 0.2) is 0 Å². The lowest BCUT2D eigenvalue weighted by atomic mass is 9.68. The van der Waals surface area contributed by atoms with E-state index in [9.17, 15) is 0 Å². The van der Waals surface area contributed by atoms with Crippen LogP contribution in [0.2, 0.25) is 0 Å². The van der Waals surface area contributed by atoms with Gasteiger partial charge in [0, 0.05) is 0 Å². The summed E-state index contributed by atoms with van der Waals surface area (Å²) >= 11 is 0. The molecule has 32 heavy (non-hydrogen) atoms. The molecule has 3 saturated carbocycles. The van der Waals surface area contributed by atoms with Gasteiger partial charge in [0.05, 0.1) is 0 Å². The lowest BCUT2D eigenvalue weighted by Crippen LogP contribution is -2.25. The molecule has 184 valence electrons. The predicted molar refractivity (Wildman–Crippen MR) is 143 cm³/mol. The molecule has 3 aliphatic carbocycles. The second-order valence-corrected chi connectivity index (χ2v) is 12.0. The van der Waals surface area contributed by atoms with Gasteiger partial charge in [0.2, 0.25) is 0 Å². The minimum atomic E-state index is 0.902. The first-order valence-electron chi connectivity index (χ1n) is 15.1. The first-order valence-corrected chi connectivity index (χ1v) is 15.1. The molecule has 0 aromatic rings. The maximum Gasteiger partial charge on any atom is -0.0233 e. The molecule has 0 heteroatoms. The summed E-state index contributed by atoms with van der Waals surface area (Å²) in [5.74, 6) is 6.16. The van der Waals surface area contributed by atoms with Crippen molar-refractivity contribution in [3.63, 3.8) is 0 Å². The lowest BCUT2D eigenvalue weighted by molar-refractivity contribution is 0.151. The van der Waals surface area contributed by atoms with Crippen molar-refractivity contribution >= 4 is 0 Å². The standard InChI is InChI=1S/C32H56/c1-3-5-7-11-27-15-17-28(18-16-27)13-9-10-14-30-21-25-32(26-22-30)31-23-19-29(20-24-31)12-8-6-4-2/h3,5,10,14,27-32H,4,6-9,11-13,15-26H2,1-2H3/b5-3+,14-10+. The molecule has 0 unspecified atom stereocenters. The Morgan fingerprint density at radius 1 is 0.562 bits per heavy atom. The molecule has 0 amide bonds. The fourth-order valence-corrected chi connectivity index (χ4v) is 7.37. The fraction of sp³-hybridized carbons (Fsp3) is 0.875. The van der Waals surface area contributed by atoms with E-state index >= 15 is 0 Å². The van der Waals surface area contributed by atoms with E-state index in [-0.39, 0.29) is 0 Å². The largest absolute Gasteiger partial charge is 0.0917 e. The molecule has 3 aliphatic rings. The zero-order valence-electron chi connectivity index (χ0n) is 21.9. The molecule has 0 radical (unpaired) electrons. The predicted octanol–water partition coefficient (Wildman–Crippen LogP) is 10.7. The lowest BCUT2D eigenvalue weighted by Gasteiger charge is -2.37. The molecular formula is C32H56. The van der Waals surface area contributed by atoms with Gasteiger partial charge in [-0.1, -0.05) is 95.4 Å². The number of hydrogen-bond acceptors (Lipinski definition) is 0. The third kappa shape index (κ3) is 9.38. The van der Waals surface area contributed by atoms with Crippen LogP contribution in [0.1, 0.15) is 142 Å². The summed E-state index contributed by atoms with van der Waals surface area (Å²) in [5, 5.41) is 0. The Labute approximate surface area is 202 Å². The van der Waals surface area contributed by atoms with E-state index in [1.807, 2.05) is 0 Å². The molecule has 3 fully saturated rings. The average Bonchev–Trinajstić information content (AvgIpc) is 2.84. The number of hydrogen-bond donors (Lipinski definition) is 0. The molecule has 0 heterocycles. The van der Waals surface area contributed by atoms with Crippen molar-refractivity contribution in [2.45, 2.75) is 142 Å². The van der Waals surface area contributed by atoms with E-state index in [0.29, 0.717) is 0 Å². The Bertz CT molecular complexity index is 504. The van der Waals surface area contributed by atoms with E-state index in [1.165, 1.54) is 103 Å². The second-order valence-electron chi connectivity index (χ2n) is 12.0. The zero-order chi connectivity index (χ0) is 22.4. The Morgan fingerprint density at radius 3 is 1.62 bits per heavy atom. The maximum atomic E-state index is 2.63. The van der Waals surface area contributed by atoms with Crippen molar-refractivity contribution in [1.29, 1.82) is 0 Å². The van der Waals surface area contributed by atoms with Crippen molar-refractivity contribution in [2.24, 2.45) is 35.5 Å². The van der Waals surface area contributed by atoms with E-state index in [0.717, 1.165) is 35.5 Å². The quantitative estimate of drug-likeness (QED) is 0.209. The van der Waals surface area contributed by atoms with E-state index in [2.05, 4.69) is 38.2 Å². The normalized spacial score (nSPS) is 34.4. The Hall–Kier alpha value is -0.520. The highest BCUT2D eigenvalue weighted by molar-refractivity contribution is 4.93. The Balaban J connectivity index is 1.22. The summed E-state index contributed by atoms with van der Waals surface area (Å²) in [6.45, 7) is 4.48. The molecule has 0 aromatic heterocycles. The third-order valence-corrected chi connectivity index (χ3v) is 9.68. The van der Waals surface area contributed by atoms with Crippen molar-refractivity contribution in [3.05, 3.63) is 24.3 Å². The smallest absolute Gasteiger partial charge is 0.0233 e. The Kier molecular flexibility index (Phi) is 12.6. The molecule has 0 atom stereocenters. The number of allylic oxidation sites excluding steroid dienone is 4. The van der Waals surface area contributed by atoms with Crippen molar-refractivity contribution in [1.82, 2.24) is 0 Å². The first kappa shape index (κ1) is 26.1. The SMILES string of the molecule is C/C=C/CCC1CCC(CC/C=C/C2CCC(C3CCC(CCCCC)CC3)CC2)CC1. The average molecular weight is 441 g/mol. The molecule has 0 nitrogen and oxygen atoms in total. The first-order chi connectivity index (χ1) is 15.8. The molecule has 0 bridgehead atoms. The van der Waals surface area contributed by atoms with Crippen LogP contribution in [0.15, 0.2) is 24.3 Å². The van der Waals surface area contributed by atoms with Crippen molar-refractivity contribution in [2.75, 3.05) is 0 Å². The van der Waals surface area contributed by atoms with Crippen LogP contribution in [0.4, 0.5) is 0 Å². The van der Waals surface area contributed by atoms with Gasteiger partial charge in [-0.25, -0.2) is 0 Å². The number of unbranched alkanes of at least 4 members (excludes halogenated alkanes) is 2. The second kappa shape index (κ2) is 15.4. The summed E-state index contributed by atoms with van der Waals surface area (Å²) < 4.78 is 0. The molecule has 0 aromatic carbocycles. The number of rotatable bonds is 12. The zero-order valence-corrected chi connectivity index (χ0v) is 21.9. The summed E-state index contributed by atoms with van der Waals surface area (Å²) in [6, 6.07) is 0. The monoisotopic (exact) mass is 440 g/mol. The van der Waals surface area contributed by atoms with Gasteiger partial charge in [0.1, 0.15) is 0 Å². The van der Waals surface area contributed by atoms with Gasteiger partial charge in [-0.2, -0.15) is 0 Å². The highest BCUT2D eigenvalue weighted by Crippen LogP contribution is 2.42. The van der Waals surface area contributed by atoms with Crippen LogP contribution < -0.4 is 0 Å². The maximum absolute atomic E-state index is 2.63. The van der Waals surface area contributed by atoms with Crippen LogP contribution in [-0.4, -0.2) is 0 Å².